The van der Waals surface area contributed by atoms with Crippen molar-refractivity contribution in [2.24, 2.45) is 0 Å². The van der Waals surface area contributed by atoms with Crippen molar-refractivity contribution >= 4 is 40.5 Å². The van der Waals surface area contributed by atoms with Crippen LogP contribution in [0.3, 0.4) is 0 Å². The Kier molecular flexibility index (Phi) is 3.97. The highest BCUT2D eigenvalue weighted by molar-refractivity contribution is 6.34. The second-order valence-electron chi connectivity index (χ2n) is 5.98. The third-order valence-electron chi connectivity index (χ3n) is 4.22. The summed E-state index contributed by atoms with van der Waals surface area (Å²) in [6.45, 7) is -0.702. The molecule has 0 spiro atoms. The van der Waals surface area contributed by atoms with Gasteiger partial charge in [-0.3, -0.25) is 24.3 Å². The number of hydrogen-bond donors (Lipinski definition) is 1. The second-order valence-corrected chi connectivity index (χ2v) is 5.98. The van der Waals surface area contributed by atoms with Crippen LogP contribution in [0.4, 0.5) is 0 Å². The first-order valence-electron chi connectivity index (χ1n) is 8.15. The number of hydrogen-bond acceptors (Lipinski definition) is 5. The quantitative estimate of drug-likeness (QED) is 0.569. The average molecular weight is 359 g/mol. The molecule has 2 amide bonds. The van der Waals surface area contributed by atoms with Crippen LogP contribution in [0, 0.1) is 0 Å². The van der Waals surface area contributed by atoms with E-state index in [1.807, 2.05) is 18.2 Å². The smallest absolute Gasteiger partial charge is 0.323 e. The van der Waals surface area contributed by atoms with Gasteiger partial charge in [0, 0.05) is 11.1 Å². The van der Waals surface area contributed by atoms with Gasteiger partial charge in [-0.05, 0) is 24.3 Å². The topological polar surface area (TPSA) is 100 Å². The molecule has 0 atom stereocenters. The highest BCUT2D eigenvalue weighted by atomic mass is 16.4. The molecule has 0 unspecified atom stereocenters. The summed E-state index contributed by atoms with van der Waals surface area (Å²) in [5.74, 6) is -2.56. The van der Waals surface area contributed by atoms with Crippen LogP contribution >= 0.6 is 0 Å². The SMILES string of the molecule is O=C(O)CN1C(=O)/C(=C\c2cnc3ccccc3n2)c2ccccc2C1=O. The van der Waals surface area contributed by atoms with Gasteiger partial charge in [-0.15, -0.1) is 0 Å². The molecule has 2 aromatic carbocycles. The molecular formula is C20H13N3O4. The highest BCUT2D eigenvalue weighted by Gasteiger charge is 2.35. The predicted octanol–water partition coefficient (Wildman–Crippen LogP) is 2.24. The van der Waals surface area contributed by atoms with Crippen LogP contribution < -0.4 is 0 Å². The minimum absolute atomic E-state index is 0.205. The fraction of sp³-hybridized carbons (Fsp3) is 0.0500. The molecule has 0 saturated carbocycles. The number of imide groups is 1. The first-order chi connectivity index (χ1) is 13.0. The molecule has 2 heterocycles. The number of aliphatic carboxylic acids is 1. The van der Waals surface area contributed by atoms with Gasteiger partial charge in [-0.1, -0.05) is 30.3 Å². The van der Waals surface area contributed by atoms with E-state index in [1.54, 1.807) is 30.3 Å². The molecule has 1 N–H and O–H groups in total. The minimum atomic E-state index is -1.26. The normalized spacial score (nSPS) is 15.3. The summed E-state index contributed by atoms with van der Waals surface area (Å²) in [5, 5.41) is 9.06. The van der Waals surface area contributed by atoms with Gasteiger partial charge in [-0.2, -0.15) is 0 Å². The molecule has 0 radical (unpaired) electrons. The van der Waals surface area contributed by atoms with Crippen molar-refractivity contribution in [1.82, 2.24) is 14.9 Å². The largest absolute Gasteiger partial charge is 0.480 e. The summed E-state index contributed by atoms with van der Waals surface area (Å²) in [6.07, 6.45) is 3.06. The van der Waals surface area contributed by atoms with E-state index in [1.165, 1.54) is 12.3 Å². The van der Waals surface area contributed by atoms with E-state index in [9.17, 15) is 14.4 Å². The van der Waals surface area contributed by atoms with Crippen molar-refractivity contribution in [3.8, 4) is 0 Å². The molecule has 4 rings (SSSR count). The van der Waals surface area contributed by atoms with Crippen molar-refractivity contribution < 1.29 is 19.5 Å². The van der Waals surface area contributed by atoms with Crippen molar-refractivity contribution in [2.75, 3.05) is 6.54 Å². The van der Waals surface area contributed by atoms with Crippen LogP contribution in [0.5, 0.6) is 0 Å². The summed E-state index contributed by atoms with van der Waals surface area (Å²) in [4.78, 5) is 46.0. The van der Waals surface area contributed by atoms with E-state index in [2.05, 4.69) is 9.97 Å². The summed E-state index contributed by atoms with van der Waals surface area (Å²) < 4.78 is 0. The number of benzene rings is 2. The Balaban J connectivity index is 1.87. The number of carbonyl (C=O) groups is 3. The zero-order chi connectivity index (χ0) is 19.0. The van der Waals surface area contributed by atoms with Crippen molar-refractivity contribution in [3.63, 3.8) is 0 Å². The van der Waals surface area contributed by atoms with Crippen molar-refractivity contribution in [1.29, 1.82) is 0 Å². The Bertz CT molecular complexity index is 1140. The van der Waals surface area contributed by atoms with Crippen LogP contribution in [0.15, 0.2) is 54.7 Å². The lowest BCUT2D eigenvalue weighted by Crippen LogP contribution is -2.44. The molecule has 0 aliphatic carbocycles. The fourth-order valence-electron chi connectivity index (χ4n) is 3.01. The maximum absolute atomic E-state index is 12.8. The lowest BCUT2D eigenvalue weighted by molar-refractivity contribution is -0.141. The lowest BCUT2D eigenvalue weighted by atomic mass is 9.93. The zero-order valence-corrected chi connectivity index (χ0v) is 14.0. The maximum atomic E-state index is 12.8. The van der Waals surface area contributed by atoms with Gasteiger partial charge in [-0.25, -0.2) is 4.98 Å². The lowest BCUT2D eigenvalue weighted by Gasteiger charge is -2.27. The molecule has 0 bridgehead atoms. The number of carboxylic acid groups (broad SMARTS) is 1. The molecule has 1 aromatic heterocycles. The highest BCUT2D eigenvalue weighted by Crippen LogP contribution is 2.30. The number of carboxylic acids is 1. The molecule has 1 aliphatic rings. The Hall–Kier alpha value is -3.87. The molecule has 27 heavy (non-hydrogen) atoms. The maximum Gasteiger partial charge on any atom is 0.323 e. The van der Waals surface area contributed by atoms with Gasteiger partial charge < -0.3 is 5.11 Å². The van der Waals surface area contributed by atoms with Gasteiger partial charge in [0.05, 0.1) is 28.5 Å². The third kappa shape index (κ3) is 2.95. The number of aromatic nitrogens is 2. The number of carbonyl (C=O) groups excluding carboxylic acids is 2. The van der Waals surface area contributed by atoms with Gasteiger partial charge in [0.2, 0.25) is 0 Å². The van der Waals surface area contributed by atoms with Gasteiger partial charge in [0.1, 0.15) is 6.54 Å². The number of rotatable bonds is 3. The van der Waals surface area contributed by atoms with Crippen LogP contribution in [0.25, 0.3) is 22.7 Å². The van der Waals surface area contributed by atoms with Crippen molar-refractivity contribution in [3.05, 3.63) is 71.5 Å². The Morgan fingerprint density at radius 3 is 2.37 bits per heavy atom. The fourth-order valence-corrected chi connectivity index (χ4v) is 3.01. The van der Waals surface area contributed by atoms with E-state index >= 15 is 0 Å². The summed E-state index contributed by atoms with van der Waals surface area (Å²) in [6, 6.07) is 13.9. The molecular weight excluding hydrogens is 346 g/mol. The minimum Gasteiger partial charge on any atom is -0.480 e. The zero-order valence-electron chi connectivity index (χ0n) is 14.0. The molecule has 0 saturated heterocycles. The second kappa shape index (κ2) is 6.45. The first kappa shape index (κ1) is 16.6. The number of fused-ring (bicyclic) bond motifs is 2. The number of nitrogens with zero attached hydrogens (tertiary/aromatic N) is 3. The predicted molar refractivity (Wildman–Crippen MR) is 97.5 cm³/mol. The summed E-state index contributed by atoms with van der Waals surface area (Å²) in [7, 11) is 0. The summed E-state index contributed by atoms with van der Waals surface area (Å²) >= 11 is 0. The number of amides is 2. The molecule has 0 fully saturated rings. The Morgan fingerprint density at radius 2 is 1.63 bits per heavy atom. The average Bonchev–Trinajstić information content (AvgIpc) is 2.68. The van der Waals surface area contributed by atoms with E-state index in [-0.39, 0.29) is 11.1 Å². The van der Waals surface area contributed by atoms with Crippen LogP contribution in [-0.4, -0.2) is 44.3 Å². The van der Waals surface area contributed by atoms with Crippen LogP contribution in [-0.2, 0) is 9.59 Å². The Morgan fingerprint density at radius 1 is 0.963 bits per heavy atom. The first-order valence-corrected chi connectivity index (χ1v) is 8.15. The molecule has 3 aromatic rings. The Labute approximate surface area is 153 Å². The molecule has 7 nitrogen and oxygen atoms in total. The third-order valence-corrected chi connectivity index (χ3v) is 4.22. The van der Waals surface area contributed by atoms with Gasteiger partial charge in [0.15, 0.2) is 0 Å². The monoisotopic (exact) mass is 359 g/mol. The van der Waals surface area contributed by atoms with E-state index in [0.29, 0.717) is 16.8 Å². The van der Waals surface area contributed by atoms with Crippen LogP contribution in [0.2, 0.25) is 0 Å². The van der Waals surface area contributed by atoms with E-state index < -0.39 is 24.3 Å². The molecule has 1 aliphatic heterocycles. The molecule has 132 valence electrons. The molecule has 7 heteroatoms. The summed E-state index contributed by atoms with van der Waals surface area (Å²) in [5.41, 5.74) is 2.76. The van der Waals surface area contributed by atoms with Crippen LogP contribution in [0.1, 0.15) is 21.6 Å². The van der Waals surface area contributed by atoms with E-state index in [4.69, 9.17) is 5.11 Å². The standard InChI is InChI=1S/C20H13N3O4/c24-18(25)11-23-19(26)14-6-2-1-5-13(14)15(20(23)27)9-12-10-21-16-7-3-4-8-17(16)22-12/h1-10H,11H2,(H,24,25)/b15-9-. The van der Waals surface area contributed by atoms with E-state index in [0.717, 1.165) is 10.4 Å². The number of para-hydroxylation sites is 2. The van der Waals surface area contributed by atoms with Crippen molar-refractivity contribution in [2.45, 2.75) is 0 Å². The van der Waals surface area contributed by atoms with Gasteiger partial charge >= 0.3 is 5.97 Å². The van der Waals surface area contributed by atoms with Gasteiger partial charge in [0.25, 0.3) is 11.8 Å².